The van der Waals surface area contributed by atoms with Crippen LogP contribution in [-0.2, 0) is 13.6 Å². The van der Waals surface area contributed by atoms with E-state index in [1.807, 2.05) is 0 Å². The van der Waals surface area contributed by atoms with Crippen molar-refractivity contribution in [2.24, 2.45) is 17.8 Å². The maximum absolute atomic E-state index is 11.8. The highest BCUT2D eigenvalue weighted by molar-refractivity contribution is 7.33. The summed E-state index contributed by atoms with van der Waals surface area (Å²) in [5.74, 6) is 1.45. The third-order valence-electron chi connectivity index (χ3n) is 3.88. The van der Waals surface area contributed by atoms with Crippen LogP contribution < -0.4 is 0 Å². The van der Waals surface area contributed by atoms with Crippen LogP contribution in [0.4, 0.5) is 0 Å². The van der Waals surface area contributed by atoms with E-state index in [1.54, 1.807) is 0 Å². The summed E-state index contributed by atoms with van der Waals surface area (Å²) < 4.78 is 22.4. The van der Waals surface area contributed by atoms with Crippen LogP contribution in [0.15, 0.2) is 0 Å². The third kappa shape index (κ3) is 5.52. The number of hydrogen-bond donors (Lipinski definition) is 2. The lowest BCUT2D eigenvalue weighted by atomic mass is 9.75. The number of hydrogen-bond acceptors (Lipinski definition) is 5. The van der Waals surface area contributed by atoms with Crippen LogP contribution in [0.5, 0.6) is 0 Å². The Morgan fingerprint density at radius 1 is 1.26 bits per heavy atom. The summed E-state index contributed by atoms with van der Waals surface area (Å²) in [6.07, 6.45) is 2.30. The highest BCUT2D eigenvalue weighted by Crippen LogP contribution is 2.40. The lowest BCUT2D eigenvalue weighted by molar-refractivity contribution is 0.0135. The van der Waals surface area contributed by atoms with Gasteiger partial charge in [0.05, 0.1) is 19.3 Å². The topological polar surface area (TPSA) is 76.0 Å². The molecule has 19 heavy (non-hydrogen) atoms. The molecule has 6 heteroatoms. The summed E-state index contributed by atoms with van der Waals surface area (Å²) in [6, 6.07) is 0. The third-order valence-corrected chi connectivity index (χ3v) is 4.90. The average Bonchev–Trinajstić information content (AvgIpc) is 2.35. The van der Waals surface area contributed by atoms with Crippen LogP contribution in [0, 0.1) is 17.8 Å². The number of aliphatic hydroxyl groups is 2. The highest BCUT2D eigenvalue weighted by atomic mass is 31.1. The molecule has 0 aliphatic heterocycles. The summed E-state index contributed by atoms with van der Waals surface area (Å²) in [7, 11) is -2.67. The molecule has 0 amide bonds. The van der Waals surface area contributed by atoms with Crippen LogP contribution in [0.2, 0.25) is 0 Å². The lowest BCUT2D eigenvalue weighted by Crippen LogP contribution is -2.33. The van der Waals surface area contributed by atoms with Gasteiger partial charge in [0.1, 0.15) is 6.10 Å². The Balaban J connectivity index is 2.53. The Hall–Kier alpha value is 0.0700. The molecule has 1 aliphatic carbocycles. The fraction of sp³-hybridized carbons (Fsp3) is 1.00. The number of rotatable bonds is 7. The molecule has 1 aliphatic rings. The quantitative estimate of drug-likeness (QED) is 0.704. The molecule has 4 atom stereocenters. The summed E-state index contributed by atoms with van der Waals surface area (Å²) in [6.45, 7) is 5.77. The average molecular weight is 294 g/mol. The van der Waals surface area contributed by atoms with Crippen molar-refractivity contribution >= 4 is 8.25 Å². The summed E-state index contributed by atoms with van der Waals surface area (Å²) in [5, 5.41) is 17.8. The second kappa shape index (κ2) is 8.38. The molecular formula is C13H27O5P. The van der Waals surface area contributed by atoms with Gasteiger partial charge in [0, 0.05) is 0 Å². The van der Waals surface area contributed by atoms with Gasteiger partial charge in [0.15, 0.2) is 0 Å². The second-order valence-electron chi connectivity index (χ2n) is 5.84. The zero-order valence-corrected chi connectivity index (χ0v) is 13.0. The molecule has 2 unspecified atom stereocenters. The predicted octanol–water partition coefficient (Wildman–Crippen LogP) is 2.22. The van der Waals surface area contributed by atoms with E-state index in [2.05, 4.69) is 20.8 Å². The van der Waals surface area contributed by atoms with Crippen LogP contribution in [0.25, 0.3) is 0 Å². The first-order valence-electron chi connectivity index (χ1n) is 7.06. The van der Waals surface area contributed by atoms with Crippen LogP contribution >= 0.6 is 8.25 Å². The van der Waals surface area contributed by atoms with Gasteiger partial charge in [-0.3, -0.25) is 4.57 Å². The summed E-state index contributed by atoms with van der Waals surface area (Å²) in [4.78, 5) is 0. The SMILES string of the molecule is CC(C)[C@@H]1CC[C@@H](C)CC1O[PH](=O)OC(CO)CO. The van der Waals surface area contributed by atoms with Crippen molar-refractivity contribution < 1.29 is 23.8 Å². The van der Waals surface area contributed by atoms with Gasteiger partial charge >= 0.3 is 8.25 Å². The lowest BCUT2D eigenvalue weighted by Gasteiger charge is -2.36. The van der Waals surface area contributed by atoms with Gasteiger partial charge in [-0.15, -0.1) is 0 Å². The molecule has 1 rings (SSSR count). The Morgan fingerprint density at radius 3 is 2.42 bits per heavy atom. The maximum atomic E-state index is 11.8. The molecule has 0 bridgehead atoms. The maximum Gasteiger partial charge on any atom is 0.319 e. The van der Waals surface area contributed by atoms with Gasteiger partial charge in [-0.1, -0.05) is 27.2 Å². The number of aliphatic hydroxyl groups excluding tert-OH is 2. The van der Waals surface area contributed by atoms with Gasteiger partial charge < -0.3 is 19.3 Å². The standard InChI is InChI=1S/C13H27O5P/c1-9(2)12-5-4-10(3)6-13(12)18-19(16)17-11(7-14)8-15/h9-15,19H,4-8H2,1-3H3/t10-,12+,13?/m1/s1. The smallest absolute Gasteiger partial charge is 0.319 e. The minimum Gasteiger partial charge on any atom is -0.394 e. The second-order valence-corrected chi connectivity index (χ2v) is 6.81. The van der Waals surface area contributed by atoms with E-state index in [0.29, 0.717) is 17.8 Å². The first-order valence-corrected chi connectivity index (χ1v) is 8.29. The molecule has 0 aromatic rings. The van der Waals surface area contributed by atoms with Crippen molar-refractivity contribution in [3.63, 3.8) is 0 Å². The van der Waals surface area contributed by atoms with E-state index in [9.17, 15) is 4.57 Å². The molecule has 0 heterocycles. The first-order chi connectivity index (χ1) is 8.97. The monoisotopic (exact) mass is 294 g/mol. The van der Waals surface area contributed by atoms with Gasteiger partial charge in [-0.05, 0) is 30.6 Å². The van der Waals surface area contributed by atoms with Crippen molar-refractivity contribution in [1.29, 1.82) is 0 Å². The van der Waals surface area contributed by atoms with Crippen LogP contribution in [0.3, 0.4) is 0 Å². The van der Waals surface area contributed by atoms with Crippen molar-refractivity contribution in [2.75, 3.05) is 13.2 Å². The van der Waals surface area contributed by atoms with E-state index in [4.69, 9.17) is 19.3 Å². The Kier molecular flexibility index (Phi) is 7.55. The van der Waals surface area contributed by atoms with Crippen LogP contribution in [-0.4, -0.2) is 35.6 Å². The molecule has 114 valence electrons. The minimum atomic E-state index is -2.67. The molecule has 1 saturated carbocycles. The van der Waals surface area contributed by atoms with Crippen molar-refractivity contribution in [3.8, 4) is 0 Å². The molecule has 0 aromatic carbocycles. The zero-order chi connectivity index (χ0) is 14.4. The van der Waals surface area contributed by atoms with Gasteiger partial charge in [-0.2, -0.15) is 0 Å². The predicted molar refractivity (Wildman–Crippen MR) is 74.3 cm³/mol. The summed E-state index contributed by atoms with van der Waals surface area (Å²) >= 11 is 0. The Bertz CT molecular complexity index is 280. The van der Waals surface area contributed by atoms with Crippen LogP contribution in [0.1, 0.15) is 40.0 Å². The normalized spacial score (nSPS) is 29.9. The Morgan fingerprint density at radius 2 is 1.89 bits per heavy atom. The molecule has 1 fully saturated rings. The van der Waals surface area contributed by atoms with E-state index in [0.717, 1.165) is 12.8 Å². The summed E-state index contributed by atoms with van der Waals surface area (Å²) in [5.41, 5.74) is 0. The van der Waals surface area contributed by atoms with Gasteiger partial charge in [0.25, 0.3) is 0 Å². The molecule has 0 radical (unpaired) electrons. The molecule has 0 saturated heterocycles. The van der Waals surface area contributed by atoms with Crippen molar-refractivity contribution in [1.82, 2.24) is 0 Å². The fourth-order valence-corrected chi connectivity index (χ4v) is 3.66. The van der Waals surface area contributed by atoms with Crippen molar-refractivity contribution in [3.05, 3.63) is 0 Å². The van der Waals surface area contributed by atoms with Gasteiger partial charge in [-0.25, -0.2) is 0 Å². The molecule has 5 nitrogen and oxygen atoms in total. The first kappa shape index (κ1) is 17.1. The molecular weight excluding hydrogens is 267 g/mol. The zero-order valence-electron chi connectivity index (χ0n) is 12.0. The Labute approximate surface area is 116 Å². The van der Waals surface area contributed by atoms with Crippen molar-refractivity contribution in [2.45, 2.75) is 52.2 Å². The van der Waals surface area contributed by atoms with Gasteiger partial charge in [0.2, 0.25) is 0 Å². The van der Waals surface area contributed by atoms with E-state index in [1.165, 1.54) is 6.42 Å². The van der Waals surface area contributed by atoms with E-state index in [-0.39, 0.29) is 19.3 Å². The molecule has 2 N–H and O–H groups in total. The molecule has 0 aromatic heterocycles. The fourth-order valence-electron chi connectivity index (χ4n) is 2.67. The minimum absolute atomic E-state index is 0.0480. The largest absolute Gasteiger partial charge is 0.394 e. The molecule has 0 spiro atoms. The highest BCUT2D eigenvalue weighted by Gasteiger charge is 2.33. The van der Waals surface area contributed by atoms with E-state index >= 15 is 0 Å². The van der Waals surface area contributed by atoms with E-state index < -0.39 is 14.4 Å².